The molecule has 1 heterocycles. The van der Waals surface area contributed by atoms with Crippen LogP contribution < -0.4 is 10.5 Å². The summed E-state index contributed by atoms with van der Waals surface area (Å²) in [6, 6.07) is 5.81. The molecule has 1 aliphatic rings. The Kier molecular flexibility index (Phi) is 3.30. The van der Waals surface area contributed by atoms with Gasteiger partial charge in [0.1, 0.15) is 11.2 Å². The van der Waals surface area contributed by atoms with Crippen LogP contribution in [0, 0.1) is 0 Å². The third kappa shape index (κ3) is 1.86. The van der Waals surface area contributed by atoms with Gasteiger partial charge in [-0.15, -0.1) is 0 Å². The first-order valence-electron chi connectivity index (χ1n) is 6.07. The van der Waals surface area contributed by atoms with Crippen LogP contribution >= 0.6 is 0 Å². The van der Waals surface area contributed by atoms with E-state index in [1.54, 1.807) is 7.11 Å². The molecule has 1 aromatic carbocycles. The van der Waals surface area contributed by atoms with Gasteiger partial charge in [0.15, 0.2) is 0 Å². The molecule has 2 N–H and O–H groups in total. The van der Waals surface area contributed by atoms with Gasteiger partial charge in [-0.25, -0.2) is 0 Å². The van der Waals surface area contributed by atoms with E-state index in [2.05, 4.69) is 13.8 Å². The van der Waals surface area contributed by atoms with E-state index >= 15 is 0 Å². The summed E-state index contributed by atoms with van der Waals surface area (Å²) in [5.74, 6) is 0.841. The average Bonchev–Trinajstić information content (AvgIpc) is 2.26. The molecule has 0 saturated carbocycles. The highest BCUT2D eigenvalue weighted by Crippen LogP contribution is 2.36. The van der Waals surface area contributed by atoms with E-state index < -0.39 is 5.41 Å². The second-order valence-corrected chi connectivity index (χ2v) is 5.05. The number of hydrogen-bond donors (Lipinski definition) is 1. The van der Waals surface area contributed by atoms with Gasteiger partial charge in [-0.05, 0) is 23.1 Å². The number of nitrogens with two attached hydrogens (primary N) is 1. The predicted molar refractivity (Wildman–Crippen MR) is 68.8 cm³/mol. The molecule has 0 unspecified atom stereocenters. The molecule has 1 saturated heterocycles. The van der Waals surface area contributed by atoms with Crippen molar-refractivity contribution < 1.29 is 14.3 Å². The largest absolute Gasteiger partial charge is 0.496 e. The first-order chi connectivity index (χ1) is 8.51. The molecular weight excluding hydrogens is 230 g/mol. The molecule has 0 radical (unpaired) electrons. The van der Waals surface area contributed by atoms with Gasteiger partial charge in [-0.2, -0.15) is 0 Å². The minimum atomic E-state index is -0.657. The maximum atomic E-state index is 11.7. The van der Waals surface area contributed by atoms with Crippen LogP contribution in [-0.2, 0) is 14.9 Å². The maximum absolute atomic E-state index is 11.7. The fourth-order valence-corrected chi connectivity index (χ4v) is 2.24. The van der Waals surface area contributed by atoms with Crippen LogP contribution in [0.1, 0.15) is 30.9 Å². The predicted octanol–water partition coefficient (Wildman–Crippen LogP) is 1.57. The van der Waals surface area contributed by atoms with Crippen LogP contribution in [-0.4, -0.2) is 26.2 Å². The molecule has 1 aliphatic heterocycles. The van der Waals surface area contributed by atoms with E-state index in [9.17, 15) is 4.79 Å². The lowest BCUT2D eigenvalue weighted by Gasteiger charge is -2.39. The zero-order valence-electron chi connectivity index (χ0n) is 11.0. The standard InChI is InChI=1S/C14H19NO3/c1-9(2)11-6-10(4-5-12(11)17-3)14(13(15)16)7-18-8-14/h4-6,9H,7-8H2,1-3H3,(H2,15,16). The van der Waals surface area contributed by atoms with Gasteiger partial charge in [0, 0.05) is 0 Å². The SMILES string of the molecule is COc1ccc(C2(C(N)=O)COC2)cc1C(C)C. The number of benzene rings is 1. The lowest BCUT2D eigenvalue weighted by molar-refractivity contribution is -0.141. The first-order valence-corrected chi connectivity index (χ1v) is 6.07. The second-order valence-electron chi connectivity index (χ2n) is 5.05. The fourth-order valence-electron chi connectivity index (χ4n) is 2.24. The van der Waals surface area contributed by atoms with Crippen LogP contribution in [0.2, 0.25) is 0 Å². The zero-order chi connectivity index (χ0) is 13.3. The number of amides is 1. The highest BCUT2D eigenvalue weighted by Gasteiger charge is 2.46. The van der Waals surface area contributed by atoms with Crippen LogP contribution in [0.4, 0.5) is 0 Å². The van der Waals surface area contributed by atoms with Crippen molar-refractivity contribution >= 4 is 5.91 Å². The monoisotopic (exact) mass is 249 g/mol. The highest BCUT2D eigenvalue weighted by atomic mass is 16.5. The fraction of sp³-hybridized carbons (Fsp3) is 0.500. The summed E-state index contributed by atoms with van der Waals surface area (Å²) in [5, 5.41) is 0. The molecule has 98 valence electrons. The van der Waals surface area contributed by atoms with Crippen molar-refractivity contribution in [3.63, 3.8) is 0 Å². The molecule has 0 aromatic heterocycles. The van der Waals surface area contributed by atoms with E-state index in [4.69, 9.17) is 15.2 Å². The van der Waals surface area contributed by atoms with Crippen LogP contribution in [0.25, 0.3) is 0 Å². The second kappa shape index (κ2) is 4.61. The van der Waals surface area contributed by atoms with Crippen LogP contribution in [0.15, 0.2) is 18.2 Å². The van der Waals surface area contributed by atoms with E-state index in [0.717, 1.165) is 16.9 Å². The van der Waals surface area contributed by atoms with Crippen molar-refractivity contribution in [2.24, 2.45) is 5.73 Å². The van der Waals surface area contributed by atoms with E-state index in [1.165, 1.54) is 0 Å². The summed E-state index contributed by atoms with van der Waals surface area (Å²) in [4.78, 5) is 11.7. The third-order valence-electron chi connectivity index (χ3n) is 3.57. The highest BCUT2D eigenvalue weighted by molar-refractivity contribution is 5.88. The minimum Gasteiger partial charge on any atom is -0.496 e. The normalized spacial score (nSPS) is 17.3. The zero-order valence-corrected chi connectivity index (χ0v) is 11.0. The van der Waals surface area contributed by atoms with Crippen molar-refractivity contribution in [3.05, 3.63) is 29.3 Å². The Hall–Kier alpha value is -1.55. The topological polar surface area (TPSA) is 61.5 Å². The van der Waals surface area contributed by atoms with Gasteiger partial charge in [-0.1, -0.05) is 26.0 Å². The molecule has 4 nitrogen and oxygen atoms in total. The van der Waals surface area contributed by atoms with Gasteiger partial charge >= 0.3 is 0 Å². The summed E-state index contributed by atoms with van der Waals surface area (Å²) in [6.45, 7) is 4.92. The molecule has 0 atom stereocenters. The summed E-state index contributed by atoms with van der Waals surface area (Å²) < 4.78 is 10.5. The van der Waals surface area contributed by atoms with Crippen molar-refractivity contribution in [1.82, 2.24) is 0 Å². The van der Waals surface area contributed by atoms with Gasteiger partial charge < -0.3 is 15.2 Å². The smallest absolute Gasteiger partial charge is 0.232 e. The molecular formula is C14H19NO3. The average molecular weight is 249 g/mol. The number of carbonyl (C=O) groups excluding carboxylic acids is 1. The third-order valence-corrected chi connectivity index (χ3v) is 3.57. The number of carbonyl (C=O) groups is 1. The van der Waals surface area contributed by atoms with Gasteiger partial charge in [0.05, 0.1) is 20.3 Å². The number of hydrogen-bond acceptors (Lipinski definition) is 3. The van der Waals surface area contributed by atoms with Crippen LogP contribution in [0.3, 0.4) is 0 Å². The van der Waals surface area contributed by atoms with Gasteiger partial charge in [-0.3, -0.25) is 4.79 Å². The van der Waals surface area contributed by atoms with Crippen molar-refractivity contribution in [2.45, 2.75) is 25.2 Å². The molecule has 0 aliphatic carbocycles. The van der Waals surface area contributed by atoms with E-state index in [1.807, 2.05) is 18.2 Å². The summed E-state index contributed by atoms with van der Waals surface area (Å²) >= 11 is 0. The number of rotatable bonds is 4. The summed E-state index contributed by atoms with van der Waals surface area (Å²) in [6.07, 6.45) is 0. The molecule has 1 fully saturated rings. The summed E-state index contributed by atoms with van der Waals surface area (Å²) in [7, 11) is 1.65. The number of methoxy groups -OCH3 is 1. The van der Waals surface area contributed by atoms with Gasteiger partial charge in [0.25, 0.3) is 0 Å². The Bertz CT molecular complexity index is 464. The molecule has 4 heteroatoms. The van der Waals surface area contributed by atoms with E-state index in [-0.39, 0.29) is 5.91 Å². The van der Waals surface area contributed by atoms with Gasteiger partial charge in [0.2, 0.25) is 5.91 Å². The Morgan fingerprint density at radius 3 is 2.50 bits per heavy atom. The molecule has 18 heavy (non-hydrogen) atoms. The van der Waals surface area contributed by atoms with Crippen molar-refractivity contribution in [1.29, 1.82) is 0 Å². The maximum Gasteiger partial charge on any atom is 0.232 e. The van der Waals surface area contributed by atoms with Crippen molar-refractivity contribution in [2.75, 3.05) is 20.3 Å². The molecule has 1 aromatic rings. The molecule has 0 spiro atoms. The minimum absolute atomic E-state index is 0.325. The molecule has 0 bridgehead atoms. The summed E-state index contributed by atoms with van der Waals surface area (Å²) in [5.41, 5.74) is 6.86. The van der Waals surface area contributed by atoms with E-state index in [0.29, 0.717) is 19.1 Å². The van der Waals surface area contributed by atoms with Crippen molar-refractivity contribution in [3.8, 4) is 5.75 Å². The quantitative estimate of drug-likeness (QED) is 0.881. The Labute approximate surface area is 107 Å². The Balaban J connectivity index is 2.46. The van der Waals surface area contributed by atoms with Crippen LogP contribution in [0.5, 0.6) is 5.75 Å². The number of ether oxygens (including phenoxy) is 2. The number of primary amides is 1. The Morgan fingerprint density at radius 2 is 2.11 bits per heavy atom. The lowest BCUT2D eigenvalue weighted by atomic mass is 9.77. The Morgan fingerprint density at radius 1 is 1.44 bits per heavy atom. The molecule has 2 rings (SSSR count). The first kappa shape index (κ1) is 12.9. The lowest BCUT2D eigenvalue weighted by Crippen LogP contribution is -2.56. The molecule has 1 amide bonds.